The van der Waals surface area contributed by atoms with E-state index in [1.54, 1.807) is 25.7 Å². The number of carbonyl (C=O) groups excluding carboxylic acids is 5. The number of ether oxygens (including phenoxy) is 2. The number of carbonyl (C=O) groups is 5. The first-order valence-electron chi connectivity index (χ1n) is 12.3. The Bertz CT molecular complexity index is 843. The Morgan fingerprint density at radius 2 is 1.63 bits per heavy atom. The van der Waals surface area contributed by atoms with Gasteiger partial charge in [0.15, 0.2) is 0 Å². The van der Waals surface area contributed by atoms with Crippen molar-refractivity contribution in [3.8, 4) is 0 Å². The molecule has 1 saturated carbocycles. The minimum absolute atomic E-state index is 0.0541. The molecule has 2 aliphatic rings. The molecular formula is C25H41N3O7. The van der Waals surface area contributed by atoms with E-state index in [4.69, 9.17) is 4.74 Å². The van der Waals surface area contributed by atoms with Crippen molar-refractivity contribution in [3.63, 3.8) is 0 Å². The van der Waals surface area contributed by atoms with Gasteiger partial charge in [0.2, 0.25) is 11.8 Å². The second-order valence-electron chi connectivity index (χ2n) is 11.6. The van der Waals surface area contributed by atoms with Crippen molar-refractivity contribution in [3.05, 3.63) is 0 Å². The number of Topliss-reactive ketones (excluding diaryl/α,β-unsaturated/α-hetero) is 1. The van der Waals surface area contributed by atoms with Gasteiger partial charge in [0, 0.05) is 6.04 Å². The van der Waals surface area contributed by atoms with Crippen molar-refractivity contribution in [1.82, 2.24) is 15.5 Å². The Hall–Kier alpha value is -2.65. The molecule has 5 atom stereocenters. The number of rotatable bonds is 8. The first-order chi connectivity index (χ1) is 16.1. The quantitative estimate of drug-likeness (QED) is 0.390. The molecule has 10 nitrogen and oxygen atoms in total. The lowest BCUT2D eigenvalue weighted by Crippen LogP contribution is -2.62. The van der Waals surface area contributed by atoms with Gasteiger partial charge in [-0.25, -0.2) is 9.59 Å². The Morgan fingerprint density at radius 1 is 1.00 bits per heavy atom. The fraction of sp³-hybridized carbons (Fsp3) is 0.800. The van der Waals surface area contributed by atoms with Crippen LogP contribution in [0.25, 0.3) is 0 Å². The van der Waals surface area contributed by atoms with Crippen molar-refractivity contribution < 1.29 is 33.4 Å². The molecule has 1 aliphatic heterocycles. The van der Waals surface area contributed by atoms with Gasteiger partial charge in [0.05, 0.1) is 13.2 Å². The summed E-state index contributed by atoms with van der Waals surface area (Å²) < 4.78 is 9.91. The highest BCUT2D eigenvalue weighted by Gasteiger charge is 2.54. The lowest BCUT2D eigenvalue weighted by molar-refractivity contribution is -0.153. The third-order valence-electron chi connectivity index (χ3n) is 6.48. The number of hydrogen-bond donors (Lipinski definition) is 2. The average Bonchev–Trinajstić information content (AvgIpc) is 3.35. The minimum atomic E-state index is -1.02. The van der Waals surface area contributed by atoms with Gasteiger partial charge in [-0.2, -0.15) is 0 Å². The molecule has 3 amide bonds. The van der Waals surface area contributed by atoms with Crippen LogP contribution in [-0.4, -0.2) is 71.4 Å². The Balaban J connectivity index is 2.28. The van der Waals surface area contributed by atoms with E-state index in [1.807, 2.05) is 27.7 Å². The number of nitrogens with one attached hydrogen (secondary N) is 2. The van der Waals surface area contributed by atoms with Crippen LogP contribution in [0.2, 0.25) is 0 Å². The van der Waals surface area contributed by atoms with Gasteiger partial charge in [0.25, 0.3) is 5.78 Å². The summed E-state index contributed by atoms with van der Waals surface area (Å²) in [4.78, 5) is 65.6. The Labute approximate surface area is 207 Å². The summed E-state index contributed by atoms with van der Waals surface area (Å²) in [7, 11) is 1.12. The minimum Gasteiger partial charge on any atom is -0.463 e. The van der Waals surface area contributed by atoms with Crippen LogP contribution < -0.4 is 10.6 Å². The fourth-order valence-electron chi connectivity index (χ4n) is 4.92. The number of amides is 3. The van der Waals surface area contributed by atoms with E-state index >= 15 is 0 Å². The van der Waals surface area contributed by atoms with Crippen LogP contribution in [-0.2, 0) is 28.7 Å². The number of methoxy groups -OCH3 is 1. The van der Waals surface area contributed by atoms with E-state index in [9.17, 15) is 24.0 Å². The highest BCUT2D eigenvalue weighted by molar-refractivity contribution is 6.36. The van der Waals surface area contributed by atoms with Crippen molar-refractivity contribution in [2.45, 2.75) is 110 Å². The maximum Gasteiger partial charge on any atom is 0.408 e. The van der Waals surface area contributed by atoms with Crippen LogP contribution in [0.4, 0.5) is 4.79 Å². The number of fused-ring (bicyclic) bond motifs is 2. The first-order valence-corrected chi connectivity index (χ1v) is 12.3. The van der Waals surface area contributed by atoms with Gasteiger partial charge >= 0.3 is 12.1 Å². The van der Waals surface area contributed by atoms with E-state index in [0.717, 1.165) is 20.0 Å². The SMILES string of the molecule is CCCC(NC(=O)[C@@H]1C2CCC(C2)N1C(=O)[C@H](NC(=O)OC(C)(C)C)C(C)(C)C)C(=O)C(=O)OC. The van der Waals surface area contributed by atoms with E-state index in [2.05, 4.69) is 15.4 Å². The van der Waals surface area contributed by atoms with E-state index in [1.165, 1.54) is 0 Å². The number of hydrogen-bond acceptors (Lipinski definition) is 7. The first kappa shape index (κ1) is 28.6. The van der Waals surface area contributed by atoms with Gasteiger partial charge in [0.1, 0.15) is 17.7 Å². The fourth-order valence-corrected chi connectivity index (χ4v) is 4.92. The van der Waals surface area contributed by atoms with Crippen LogP contribution in [0, 0.1) is 11.3 Å². The molecule has 0 aromatic carbocycles. The van der Waals surface area contributed by atoms with Crippen molar-refractivity contribution in [2.75, 3.05) is 7.11 Å². The van der Waals surface area contributed by atoms with Gasteiger partial charge in [-0.1, -0.05) is 34.1 Å². The second kappa shape index (κ2) is 11.0. The summed E-state index contributed by atoms with van der Waals surface area (Å²) in [5.74, 6) is -2.71. The third-order valence-corrected chi connectivity index (χ3v) is 6.48. The van der Waals surface area contributed by atoms with E-state index < -0.39 is 52.9 Å². The molecule has 198 valence electrons. The summed E-state index contributed by atoms with van der Waals surface area (Å²) in [5, 5.41) is 5.41. The maximum atomic E-state index is 13.8. The van der Waals surface area contributed by atoms with Crippen LogP contribution in [0.1, 0.15) is 80.6 Å². The molecule has 3 unspecified atom stereocenters. The molecular weight excluding hydrogens is 454 g/mol. The van der Waals surface area contributed by atoms with Crippen LogP contribution in [0.5, 0.6) is 0 Å². The lowest BCUT2D eigenvalue weighted by Gasteiger charge is -2.40. The second-order valence-corrected chi connectivity index (χ2v) is 11.6. The van der Waals surface area contributed by atoms with Gasteiger partial charge in [-0.15, -0.1) is 0 Å². The number of ketones is 1. The number of likely N-dealkylation sites (tertiary alicyclic amines) is 1. The third kappa shape index (κ3) is 6.95. The number of esters is 1. The molecule has 0 aromatic rings. The molecule has 35 heavy (non-hydrogen) atoms. The Morgan fingerprint density at radius 3 is 2.14 bits per heavy atom. The predicted molar refractivity (Wildman–Crippen MR) is 128 cm³/mol. The topological polar surface area (TPSA) is 131 Å². The van der Waals surface area contributed by atoms with Crippen molar-refractivity contribution in [1.29, 1.82) is 0 Å². The van der Waals surface area contributed by atoms with E-state index in [-0.39, 0.29) is 24.3 Å². The van der Waals surface area contributed by atoms with E-state index in [0.29, 0.717) is 12.8 Å². The van der Waals surface area contributed by atoms with Crippen molar-refractivity contribution in [2.24, 2.45) is 11.3 Å². The van der Waals surface area contributed by atoms with Crippen LogP contribution in [0.15, 0.2) is 0 Å². The summed E-state index contributed by atoms with van der Waals surface area (Å²) in [6.07, 6.45) is 2.37. The molecule has 1 heterocycles. The molecule has 10 heteroatoms. The zero-order valence-corrected chi connectivity index (χ0v) is 22.2. The molecule has 2 N–H and O–H groups in total. The Kier molecular flexibility index (Phi) is 8.94. The highest BCUT2D eigenvalue weighted by Crippen LogP contribution is 2.43. The lowest BCUT2D eigenvalue weighted by atomic mass is 9.85. The summed E-state index contributed by atoms with van der Waals surface area (Å²) in [6, 6.07) is -2.85. The van der Waals surface area contributed by atoms with Crippen LogP contribution >= 0.6 is 0 Å². The molecule has 2 rings (SSSR count). The standard InChI is InChI=1S/C25H41N3O7/c1-9-10-16(18(29)22(32)34-8)26-20(30)17-14-11-12-15(13-14)28(17)21(31)19(24(2,3)4)27-23(33)35-25(5,6)7/h14-17,19H,9-13H2,1-8H3,(H,26,30)(H,27,33)/t14?,15?,16?,17-,19-/m0/s1. The normalized spacial score (nSPS) is 23.3. The molecule has 0 aromatic heterocycles. The number of nitrogens with zero attached hydrogens (tertiary/aromatic N) is 1. The molecule has 0 radical (unpaired) electrons. The van der Waals surface area contributed by atoms with Gasteiger partial charge in [-0.05, 0) is 57.8 Å². The zero-order valence-electron chi connectivity index (χ0n) is 22.2. The zero-order chi connectivity index (χ0) is 26.7. The number of piperidine rings is 1. The summed E-state index contributed by atoms with van der Waals surface area (Å²) >= 11 is 0. The van der Waals surface area contributed by atoms with Gasteiger partial charge in [-0.3, -0.25) is 14.4 Å². The molecule has 1 saturated heterocycles. The van der Waals surface area contributed by atoms with Crippen molar-refractivity contribution >= 4 is 29.7 Å². The highest BCUT2D eigenvalue weighted by atomic mass is 16.6. The average molecular weight is 496 g/mol. The maximum absolute atomic E-state index is 13.8. The summed E-state index contributed by atoms with van der Waals surface area (Å²) in [6.45, 7) is 12.6. The molecule has 1 aliphatic carbocycles. The molecule has 0 spiro atoms. The smallest absolute Gasteiger partial charge is 0.408 e. The largest absolute Gasteiger partial charge is 0.463 e. The molecule has 2 fully saturated rings. The predicted octanol–water partition coefficient (Wildman–Crippen LogP) is 2.33. The monoisotopic (exact) mass is 495 g/mol. The summed E-state index contributed by atoms with van der Waals surface area (Å²) in [5.41, 5.74) is -1.38. The number of alkyl carbamates (subject to hydrolysis) is 1. The van der Waals surface area contributed by atoms with Crippen LogP contribution in [0.3, 0.4) is 0 Å². The van der Waals surface area contributed by atoms with Gasteiger partial charge < -0.3 is 25.0 Å². The molecule has 2 bridgehead atoms.